The summed E-state index contributed by atoms with van der Waals surface area (Å²) in [6, 6.07) is 6.24. The number of carbonyl (C=O) groups is 1. The summed E-state index contributed by atoms with van der Waals surface area (Å²) in [5.41, 5.74) is 1.09. The molecule has 2 N–H and O–H groups in total. The molecule has 0 saturated heterocycles. The summed E-state index contributed by atoms with van der Waals surface area (Å²) in [5.74, 6) is 0.0727. The molecule has 1 aromatic carbocycles. The summed E-state index contributed by atoms with van der Waals surface area (Å²) >= 11 is 2.59. The van der Waals surface area contributed by atoms with Gasteiger partial charge in [-0.3, -0.25) is 9.59 Å². The van der Waals surface area contributed by atoms with Crippen LogP contribution in [0.1, 0.15) is 30.7 Å². The number of thioether (sulfide) groups is 1. The first-order chi connectivity index (χ1) is 14.6. The van der Waals surface area contributed by atoms with Gasteiger partial charge in [0.1, 0.15) is 4.83 Å². The van der Waals surface area contributed by atoms with Crippen molar-refractivity contribution >= 4 is 54.7 Å². The lowest BCUT2D eigenvalue weighted by Gasteiger charge is -2.09. The maximum absolute atomic E-state index is 12.7. The van der Waals surface area contributed by atoms with E-state index in [4.69, 9.17) is 0 Å². The number of anilines is 1. The Bertz CT molecular complexity index is 1280. The predicted octanol–water partition coefficient (Wildman–Crippen LogP) is 4.02. The Balaban J connectivity index is 1.76. The van der Waals surface area contributed by atoms with Gasteiger partial charge in [0, 0.05) is 11.1 Å². The molecule has 1 unspecified atom stereocenters. The maximum Gasteiger partial charge on any atom is 0.260 e. The Morgan fingerprint density at radius 1 is 1.32 bits per heavy atom. The monoisotopic (exact) mass is 479 g/mol. The molecular formula is C21H25N3O4S3. The van der Waals surface area contributed by atoms with Gasteiger partial charge in [-0.1, -0.05) is 44.2 Å². The molecule has 0 aliphatic carbocycles. The molecular weight excluding hydrogens is 454 g/mol. The average Bonchev–Trinajstić information content (AvgIpc) is 3.01. The fourth-order valence-corrected chi connectivity index (χ4v) is 5.79. The number of carbonyl (C=O) groups excluding carboxylic acids is 1. The van der Waals surface area contributed by atoms with Crippen molar-refractivity contribution in [2.75, 3.05) is 17.3 Å². The van der Waals surface area contributed by atoms with Crippen LogP contribution in [0, 0.1) is 12.8 Å². The van der Waals surface area contributed by atoms with Crippen LogP contribution in [0.5, 0.6) is 0 Å². The molecule has 0 bridgehead atoms. The Kier molecular flexibility index (Phi) is 7.23. The van der Waals surface area contributed by atoms with Gasteiger partial charge in [0.15, 0.2) is 15.0 Å². The number of rotatable bonds is 8. The van der Waals surface area contributed by atoms with Crippen LogP contribution < -0.4 is 10.9 Å². The quantitative estimate of drug-likeness (QED) is 0.373. The second-order valence-electron chi connectivity index (χ2n) is 7.51. The molecule has 0 saturated carbocycles. The smallest absolute Gasteiger partial charge is 0.260 e. The van der Waals surface area contributed by atoms with E-state index in [-0.39, 0.29) is 27.8 Å². The summed E-state index contributed by atoms with van der Waals surface area (Å²) in [6.45, 7) is 6.30. The van der Waals surface area contributed by atoms with Gasteiger partial charge in [-0.25, -0.2) is 13.4 Å². The number of para-hydroxylation sites is 1. The molecule has 0 fully saturated rings. The zero-order valence-corrected chi connectivity index (χ0v) is 20.3. The second kappa shape index (κ2) is 9.54. The van der Waals surface area contributed by atoms with Crippen molar-refractivity contribution in [3.63, 3.8) is 0 Å². The minimum atomic E-state index is -3.47. The Morgan fingerprint density at radius 2 is 2.03 bits per heavy atom. The zero-order valence-electron chi connectivity index (χ0n) is 17.8. The zero-order chi connectivity index (χ0) is 22.8. The lowest BCUT2D eigenvalue weighted by Crippen LogP contribution is -2.17. The van der Waals surface area contributed by atoms with Gasteiger partial charge in [-0.2, -0.15) is 0 Å². The summed E-state index contributed by atoms with van der Waals surface area (Å²) in [4.78, 5) is 34.2. The lowest BCUT2D eigenvalue weighted by atomic mass is 9.98. The molecule has 3 rings (SSSR count). The number of fused-ring (bicyclic) bond motifs is 1. The Morgan fingerprint density at radius 3 is 2.71 bits per heavy atom. The number of H-pyrrole nitrogens is 1. The molecule has 1 atom stereocenters. The van der Waals surface area contributed by atoms with E-state index in [9.17, 15) is 18.0 Å². The van der Waals surface area contributed by atoms with Crippen LogP contribution in [-0.4, -0.2) is 36.3 Å². The standard InChI is InChI=1S/C21H25N3O4S3/c1-5-12(2)10-14-13(3)30-20-18(14)19(26)23-21(24-20)29-11-17(25)22-15-8-6-7-9-16(15)31(4,27)28/h6-9,12H,5,10-11H2,1-4H3,(H,22,25)(H,23,24,26). The van der Waals surface area contributed by atoms with E-state index < -0.39 is 9.84 Å². The van der Waals surface area contributed by atoms with Crippen molar-refractivity contribution in [2.45, 2.75) is 43.7 Å². The number of aromatic nitrogens is 2. The number of benzene rings is 1. The fraction of sp³-hybridized carbons (Fsp3) is 0.381. The van der Waals surface area contributed by atoms with Gasteiger partial charge >= 0.3 is 0 Å². The topological polar surface area (TPSA) is 109 Å². The minimum absolute atomic E-state index is 0.0172. The van der Waals surface area contributed by atoms with Crippen LogP contribution in [0.3, 0.4) is 0 Å². The molecule has 0 spiro atoms. The first-order valence-electron chi connectivity index (χ1n) is 9.84. The molecule has 0 aliphatic heterocycles. The van der Waals surface area contributed by atoms with E-state index >= 15 is 0 Å². The molecule has 0 aliphatic rings. The molecule has 0 radical (unpaired) electrons. The highest BCUT2D eigenvalue weighted by Crippen LogP contribution is 2.30. The molecule has 31 heavy (non-hydrogen) atoms. The molecule has 10 heteroatoms. The molecule has 7 nitrogen and oxygen atoms in total. The summed E-state index contributed by atoms with van der Waals surface area (Å²) in [6.07, 6.45) is 2.96. The largest absolute Gasteiger partial charge is 0.324 e. The highest BCUT2D eigenvalue weighted by atomic mass is 32.2. The third kappa shape index (κ3) is 5.55. The van der Waals surface area contributed by atoms with Gasteiger partial charge in [0.2, 0.25) is 5.91 Å². The average molecular weight is 480 g/mol. The number of amides is 1. The summed E-state index contributed by atoms with van der Waals surface area (Å²) in [5, 5.41) is 3.62. The highest BCUT2D eigenvalue weighted by molar-refractivity contribution is 7.99. The molecule has 166 valence electrons. The molecule has 1 amide bonds. The maximum atomic E-state index is 12.7. The number of aromatic amines is 1. The first kappa shape index (κ1) is 23.5. The van der Waals surface area contributed by atoms with Crippen LogP contribution in [0.25, 0.3) is 10.2 Å². The summed E-state index contributed by atoms with van der Waals surface area (Å²) < 4.78 is 23.8. The number of sulfone groups is 1. The van der Waals surface area contributed by atoms with Gasteiger partial charge in [-0.15, -0.1) is 11.3 Å². The van der Waals surface area contributed by atoms with E-state index in [1.54, 1.807) is 18.2 Å². The van der Waals surface area contributed by atoms with Crippen molar-refractivity contribution in [3.05, 3.63) is 45.1 Å². The highest BCUT2D eigenvalue weighted by Gasteiger charge is 2.18. The summed E-state index contributed by atoms with van der Waals surface area (Å²) in [7, 11) is -3.47. The minimum Gasteiger partial charge on any atom is -0.324 e. The Hall–Kier alpha value is -2.17. The van der Waals surface area contributed by atoms with E-state index in [0.717, 1.165) is 41.3 Å². The SMILES string of the molecule is CCC(C)Cc1c(C)sc2nc(SCC(=O)Nc3ccccc3S(C)(=O)=O)[nH]c(=O)c12. The third-order valence-corrected chi connectivity index (χ3v) is 8.06. The van der Waals surface area contributed by atoms with Crippen LogP contribution in [0.15, 0.2) is 39.1 Å². The first-order valence-corrected chi connectivity index (χ1v) is 13.5. The number of thiophene rings is 1. The number of hydrogen-bond acceptors (Lipinski definition) is 7. The van der Waals surface area contributed by atoms with Gasteiger partial charge in [-0.05, 0) is 37.0 Å². The number of nitrogens with one attached hydrogen (secondary N) is 2. The number of aryl methyl sites for hydroxylation is 1. The van der Waals surface area contributed by atoms with Gasteiger partial charge < -0.3 is 10.3 Å². The van der Waals surface area contributed by atoms with E-state index in [0.29, 0.717) is 21.3 Å². The van der Waals surface area contributed by atoms with Crippen molar-refractivity contribution in [2.24, 2.45) is 5.92 Å². The van der Waals surface area contributed by atoms with E-state index in [1.165, 1.54) is 17.4 Å². The van der Waals surface area contributed by atoms with Crippen molar-refractivity contribution in [1.29, 1.82) is 0 Å². The Labute approximate surface area is 189 Å². The van der Waals surface area contributed by atoms with Crippen LogP contribution in [-0.2, 0) is 21.1 Å². The second-order valence-corrected chi connectivity index (χ2v) is 11.7. The van der Waals surface area contributed by atoms with Gasteiger partial charge in [0.25, 0.3) is 5.56 Å². The van der Waals surface area contributed by atoms with E-state index in [1.807, 2.05) is 6.92 Å². The van der Waals surface area contributed by atoms with Crippen molar-refractivity contribution < 1.29 is 13.2 Å². The number of hydrogen-bond donors (Lipinski definition) is 2. The lowest BCUT2D eigenvalue weighted by molar-refractivity contribution is -0.113. The fourth-order valence-electron chi connectivity index (χ4n) is 3.18. The van der Waals surface area contributed by atoms with Crippen LogP contribution >= 0.6 is 23.1 Å². The molecule has 2 aromatic heterocycles. The normalized spacial score (nSPS) is 12.8. The van der Waals surface area contributed by atoms with E-state index in [2.05, 4.69) is 29.1 Å². The van der Waals surface area contributed by atoms with Crippen molar-refractivity contribution in [1.82, 2.24) is 9.97 Å². The molecule has 3 aromatic rings. The van der Waals surface area contributed by atoms with Gasteiger partial charge in [0.05, 0.1) is 21.7 Å². The number of nitrogens with zero attached hydrogens (tertiary/aromatic N) is 1. The molecule has 2 heterocycles. The predicted molar refractivity (Wildman–Crippen MR) is 127 cm³/mol. The van der Waals surface area contributed by atoms with Crippen molar-refractivity contribution in [3.8, 4) is 0 Å². The van der Waals surface area contributed by atoms with Crippen LogP contribution in [0.2, 0.25) is 0 Å². The third-order valence-electron chi connectivity index (χ3n) is 4.99. The van der Waals surface area contributed by atoms with Crippen LogP contribution in [0.4, 0.5) is 5.69 Å².